The fraction of sp³-hybridized carbons (Fsp3) is 0.286. The van der Waals surface area contributed by atoms with Crippen LogP contribution < -0.4 is 24.8 Å². The molecule has 0 nitrogen and oxygen atoms in total. The fourth-order valence-corrected chi connectivity index (χ4v) is 0.810. The molecule has 2 rings (SSSR count). The van der Waals surface area contributed by atoms with Crippen molar-refractivity contribution < 1.29 is 49.0 Å². The molecule has 0 saturated carbocycles. The molecule has 0 bridgehead atoms. The largest absolute Gasteiger partial charge is 1.00 e. The maximum absolute atomic E-state index is 2.99. The van der Waals surface area contributed by atoms with Crippen LogP contribution in [0.4, 0.5) is 0 Å². The summed E-state index contributed by atoms with van der Waals surface area (Å²) in [6.45, 7) is 6.33. The zero-order valence-corrected chi connectivity index (χ0v) is 14.5. The quantitative estimate of drug-likeness (QED) is 0.466. The van der Waals surface area contributed by atoms with Gasteiger partial charge >= 0.3 is 41.3 Å². The van der Waals surface area contributed by atoms with Crippen molar-refractivity contribution in [3.05, 3.63) is 54.1 Å². The normalized spacial score (nSPS) is 9.94. The molecule has 0 amide bonds. The van der Waals surface area contributed by atoms with Crippen LogP contribution in [0.15, 0.2) is 42.5 Å². The molecule has 94 valence electrons. The Labute approximate surface area is 133 Å². The Morgan fingerprint density at radius 3 is 2.06 bits per heavy atom. The Bertz CT molecular complexity index is 297. The first-order chi connectivity index (χ1) is 7.13. The average Bonchev–Trinajstić information content (AvgIpc) is 2.75. The van der Waals surface area contributed by atoms with E-state index in [0.717, 1.165) is 6.42 Å². The van der Waals surface area contributed by atoms with Crippen molar-refractivity contribution in [1.29, 1.82) is 0 Å². The third-order valence-electron chi connectivity index (χ3n) is 1.42. The minimum absolute atomic E-state index is 0. The topological polar surface area (TPSA) is 0 Å². The molecule has 17 heavy (non-hydrogen) atoms. The Kier molecular flexibility index (Phi) is 21.3. The molecule has 3 heteroatoms. The first kappa shape index (κ1) is 22.4. The molecule has 1 aliphatic carbocycles. The third-order valence-corrected chi connectivity index (χ3v) is 1.42. The van der Waals surface area contributed by atoms with Gasteiger partial charge in [0.2, 0.25) is 0 Å². The van der Waals surface area contributed by atoms with E-state index in [0.29, 0.717) is 0 Å². The summed E-state index contributed by atoms with van der Waals surface area (Å²) in [6.07, 6.45) is 10.0. The van der Waals surface area contributed by atoms with Gasteiger partial charge in [-0.2, -0.15) is 24.3 Å². The Hall–Kier alpha value is 0.163. The van der Waals surface area contributed by atoms with Gasteiger partial charge in [-0.05, 0) is 0 Å². The van der Waals surface area contributed by atoms with Crippen LogP contribution in [0.5, 0.6) is 0 Å². The summed E-state index contributed by atoms with van der Waals surface area (Å²) in [5, 5.41) is 0. The van der Waals surface area contributed by atoms with Crippen LogP contribution in [0.3, 0.4) is 0 Å². The van der Waals surface area contributed by atoms with Crippen molar-refractivity contribution >= 4 is 3.21 Å². The maximum Gasteiger partial charge on any atom is -0.0961 e. The van der Waals surface area contributed by atoms with E-state index >= 15 is 0 Å². The summed E-state index contributed by atoms with van der Waals surface area (Å²) in [5.41, 5.74) is 1.34. The van der Waals surface area contributed by atoms with Gasteiger partial charge in [-0.1, -0.05) is 6.92 Å². The molecule has 1 aromatic rings. The van der Waals surface area contributed by atoms with Crippen molar-refractivity contribution in [2.75, 3.05) is 0 Å². The molecule has 0 aromatic heterocycles. The molecule has 1 aliphatic rings. The van der Waals surface area contributed by atoms with Crippen LogP contribution in [0.25, 0.3) is 0 Å². The van der Waals surface area contributed by atoms with Crippen molar-refractivity contribution in [2.24, 2.45) is 0 Å². The van der Waals surface area contributed by atoms with Gasteiger partial charge < -0.3 is 24.8 Å². The summed E-state index contributed by atoms with van der Waals surface area (Å²) < 4.78 is 1.51. The van der Waals surface area contributed by atoms with Gasteiger partial charge in [0.05, 0.1) is 0 Å². The SMILES string of the molecule is C[C](C)=[Zr+2].Cc1cc[cH-]c1.[C-]1=CC=CC1.[Cl-].[Cl-]. The molecule has 0 heterocycles. The number of allylic oxidation sites excluding steroid dienone is 4. The van der Waals surface area contributed by atoms with Crippen LogP contribution >= 0.6 is 0 Å². The van der Waals surface area contributed by atoms with Crippen molar-refractivity contribution in [1.82, 2.24) is 0 Å². The summed E-state index contributed by atoms with van der Waals surface area (Å²) in [7, 11) is 0. The zero-order valence-electron chi connectivity index (χ0n) is 10.5. The average molecular weight is 348 g/mol. The van der Waals surface area contributed by atoms with E-state index in [4.69, 9.17) is 0 Å². The maximum atomic E-state index is 2.99. The molecule has 0 atom stereocenters. The van der Waals surface area contributed by atoms with E-state index in [9.17, 15) is 0 Å². The number of hydrogen-bond acceptors (Lipinski definition) is 0. The van der Waals surface area contributed by atoms with Crippen LogP contribution in [0.2, 0.25) is 0 Å². The van der Waals surface area contributed by atoms with Crippen LogP contribution in [-0.4, -0.2) is 3.21 Å². The monoisotopic (exact) mass is 346 g/mol. The smallest absolute Gasteiger partial charge is 0.0961 e. The standard InChI is InChI=1S/C6H7.C5H5.C3H6.2ClH.Zr/c1-6-4-2-3-5-6;1-2-4-5-3-1;1-3-2;;;/h2-5H,1H3;1-3H,4H2;1-2H3;2*1H;/q2*-1;;;;+2/p-2. The molecule has 1 aromatic carbocycles. The number of halogens is 2. The molecular formula is C14H18Cl2Zr-2. The molecular weight excluding hydrogens is 330 g/mol. The van der Waals surface area contributed by atoms with E-state index in [1.165, 1.54) is 8.77 Å². The van der Waals surface area contributed by atoms with Crippen LogP contribution in [0, 0.1) is 13.0 Å². The second-order valence-corrected chi connectivity index (χ2v) is 5.92. The minimum Gasteiger partial charge on any atom is -1.00 e. The van der Waals surface area contributed by atoms with Gasteiger partial charge in [0.15, 0.2) is 0 Å². The molecule has 0 fully saturated rings. The van der Waals surface area contributed by atoms with Gasteiger partial charge in [0, 0.05) is 0 Å². The van der Waals surface area contributed by atoms with E-state index in [1.807, 2.05) is 24.3 Å². The van der Waals surface area contributed by atoms with Gasteiger partial charge in [0.25, 0.3) is 0 Å². The Morgan fingerprint density at radius 2 is 1.94 bits per heavy atom. The zero-order chi connectivity index (χ0) is 11.5. The Morgan fingerprint density at radius 1 is 1.35 bits per heavy atom. The molecule has 0 radical (unpaired) electrons. The van der Waals surface area contributed by atoms with E-state index < -0.39 is 0 Å². The number of aryl methyl sites for hydroxylation is 1. The molecule has 0 spiro atoms. The first-order valence-electron chi connectivity index (χ1n) is 5.04. The van der Waals surface area contributed by atoms with Crippen molar-refractivity contribution in [2.45, 2.75) is 27.2 Å². The van der Waals surface area contributed by atoms with Crippen molar-refractivity contribution in [3.63, 3.8) is 0 Å². The van der Waals surface area contributed by atoms with Gasteiger partial charge in [-0.15, -0.1) is 6.42 Å². The second-order valence-electron chi connectivity index (χ2n) is 3.47. The van der Waals surface area contributed by atoms with Crippen LogP contribution in [-0.2, 0) is 24.2 Å². The first-order valence-corrected chi connectivity index (χ1v) is 6.27. The van der Waals surface area contributed by atoms with Gasteiger partial charge in [0.1, 0.15) is 0 Å². The number of rotatable bonds is 0. The van der Waals surface area contributed by atoms with E-state index in [2.05, 4.69) is 45.1 Å². The van der Waals surface area contributed by atoms with Gasteiger partial charge in [-0.3, -0.25) is 6.08 Å². The number of hydrogen-bond donors (Lipinski definition) is 0. The molecule has 0 unspecified atom stereocenters. The van der Waals surface area contributed by atoms with Gasteiger partial charge in [-0.25, -0.2) is 23.8 Å². The second kappa shape index (κ2) is 16.2. The summed E-state index contributed by atoms with van der Waals surface area (Å²) >= 11 is 1.55. The molecule has 0 N–H and O–H groups in total. The molecule has 0 saturated heterocycles. The Balaban J connectivity index is -0.000000167. The fourth-order valence-electron chi connectivity index (χ4n) is 0.810. The van der Waals surface area contributed by atoms with Crippen LogP contribution in [0.1, 0.15) is 25.8 Å². The van der Waals surface area contributed by atoms with E-state index in [-0.39, 0.29) is 24.8 Å². The van der Waals surface area contributed by atoms with Crippen molar-refractivity contribution in [3.8, 4) is 0 Å². The summed E-state index contributed by atoms with van der Waals surface area (Å²) in [4.78, 5) is 0. The summed E-state index contributed by atoms with van der Waals surface area (Å²) in [5.74, 6) is 0. The predicted octanol–water partition coefficient (Wildman–Crippen LogP) is -2.23. The predicted molar refractivity (Wildman–Crippen MR) is 64.7 cm³/mol. The summed E-state index contributed by atoms with van der Waals surface area (Å²) in [6, 6.07) is 8.24. The molecule has 0 aliphatic heterocycles. The third kappa shape index (κ3) is 21.9. The minimum atomic E-state index is 0. The van der Waals surface area contributed by atoms with E-state index in [1.54, 1.807) is 24.2 Å².